The zero-order valence-corrected chi connectivity index (χ0v) is 21.0. The molecule has 0 saturated carbocycles. The second-order valence-electron chi connectivity index (χ2n) is 9.62. The predicted molar refractivity (Wildman–Crippen MR) is 139 cm³/mol. The van der Waals surface area contributed by atoms with Gasteiger partial charge < -0.3 is 11.1 Å². The second-order valence-corrected chi connectivity index (χ2v) is 10.7. The lowest BCUT2D eigenvalue weighted by molar-refractivity contribution is -0.117. The number of carbonyl (C=O) groups is 1. The highest BCUT2D eigenvalue weighted by molar-refractivity contribution is 7.19. The van der Waals surface area contributed by atoms with Gasteiger partial charge in [-0.2, -0.15) is 0 Å². The SMILES string of the molecule is Cc1cccc(NC(=O)CN2CCN(Cc3nc(N)c4c5c(sc4n3)CCCCC5)CC2)c1C. The molecule has 1 aliphatic carbocycles. The van der Waals surface area contributed by atoms with Gasteiger partial charge in [0, 0.05) is 36.7 Å². The molecular weight excluding hydrogens is 444 g/mol. The van der Waals surface area contributed by atoms with Crippen molar-refractivity contribution in [3.63, 3.8) is 0 Å². The molecule has 3 aromatic rings. The Kier molecular flexibility index (Phi) is 6.81. The van der Waals surface area contributed by atoms with Gasteiger partial charge in [0.1, 0.15) is 16.5 Å². The Labute approximate surface area is 205 Å². The number of aromatic nitrogens is 2. The number of amides is 1. The van der Waals surface area contributed by atoms with Crippen LogP contribution in [-0.4, -0.2) is 58.4 Å². The standard InChI is InChI=1S/C26H34N6OS/c1-17-7-6-9-20(18(17)2)28-23(33)16-32-13-11-31(12-14-32)15-22-29-25(27)24-19-8-4-3-5-10-21(19)34-26(24)30-22/h6-7,9H,3-5,8,10-16H2,1-2H3,(H,28,33)(H2,27,29,30). The first-order valence-electron chi connectivity index (χ1n) is 12.4. The lowest BCUT2D eigenvalue weighted by Crippen LogP contribution is -2.48. The van der Waals surface area contributed by atoms with Crippen LogP contribution in [0.25, 0.3) is 10.2 Å². The number of anilines is 2. The molecule has 3 heterocycles. The van der Waals surface area contributed by atoms with E-state index in [1.54, 1.807) is 0 Å². The Bertz CT molecular complexity index is 1200. The van der Waals surface area contributed by atoms with Crippen LogP contribution in [0.3, 0.4) is 0 Å². The quantitative estimate of drug-likeness (QED) is 0.541. The predicted octanol–water partition coefficient (Wildman–Crippen LogP) is 3.92. The fourth-order valence-electron chi connectivity index (χ4n) is 5.06. The van der Waals surface area contributed by atoms with Crippen LogP contribution >= 0.6 is 11.3 Å². The van der Waals surface area contributed by atoms with E-state index in [-0.39, 0.29) is 5.91 Å². The lowest BCUT2D eigenvalue weighted by atomic mass is 10.1. The van der Waals surface area contributed by atoms with Crippen molar-refractivity contribution < 1.29 is 4.79 Å². The molecule has 0 radical (unpaired) electrons. The van der Waals surface area contributed by atoms with Gasteiger partial charge in [-0.25, -0.2) is 9.97 Å². The Morgan fingerprint density at radius 2 is 1.82 bits per heavy atom. The number of nitrogens with two attached hydrogens (primary N) is 1. The van der Waals surface area contributed by atoms with E-state index in [1.165, 1.54) is 35.3 Å². The minimum Gasteiger partial charge on any atom is -0.383 e. The smallest absolute Gasteiger partial charge is 0.238 e. The van der Waals surface area contributed by atoms with Crippen molar-refractivity contribution in [1.29, 1.82) is 0 Å². The minimum atomic E-state index is 0.0428. The summed E-state index contributed by atoms with van der Waals surface area (Å²) in [5.74, 6) is 1.49. The van der Waals surface area contributed by atoms with E-state index in [1.807, 2.05) is 30.4 Å². The maximum atomic E-state index is 12.6. The van der Waals surface area contributed by atoms with Gasteiger partial charge in [-0.1, -0.05) is 18.6 Å². The summed E-state index contributed by atoms with van der Waals surface area (Å²) in [6.45, 7) is 8.70. The number of nitrogens with one attached hydrogen (secondary N) is 1. The van der Waals surface area contributed by atoms with Crippen molar-refractivity contribution in [3.8, 4) is 0 Å². The van der Waals surface area contributed by atoms with Gasteiger partial charge in [-0.3, -0.25) is 14.6 Å². The Balaban J connectivity index is 1.17. The van der Waals surface area contributed by atoms with Gasteiger partial charge in [-0.05, 0) is 62.3 Å². The molecule has 0 spiro atoms. The van der Waals surface area contributed by atoms with Crippen LogP contribution in [-0.2, 0) is 24.2 Å². The summed E-state index contributed by atoms with van der Waals surface area (Å²) in [5, 5.41) is 4.17. The van der Waals surface area contributed by atoms with Crippen LogP contribution < -0.4 is 11.1 Å². The first-order chi connectivity index (χ1) is 16.5. The maximum absolute atomic E-state index is 12.6. The highest BCUT2D eigenvalue weighted by atomic mass is 32.1. The number of fused-ring (bicyclic) bond motifs is 3. The van der Waals surface area contributed by atoms with Gasteiger partial charge in [0.15, 0.2) is 0 Å². The summed E-state index contributed by atoms with van der Waals surface area (Å²) in [4.78, 5) is 29.3. The summed E-state index contributed by atoms with van der Waals surface area (Å²) in [7, 11) is 0. The number of nitrogens with zero attached hydrogens (tertiary/aromatic N) is 4. The number of carbonyl (C=O) groups excluding carboxylic acids is 1. The van der Waals surface area contributed by atoms with E-state index < -0.39 is 0 Å². The fraction of sp³-hybridized carbons (Fsp3) is 0.500. The molecule has 1 amide bonds. The summed E-state index contributed by atoms with van der Waals surface area (Å²) >= 11 is 1.81. The molecule has 1 aromatic carbocycles. The molecule has 1 aliphatic heterocycles. The number of piperazine rings is 1. The summed E-state index contributed by atoms with van der Waals surface area (Å²) < 4.78 is 0. The van der Waals surface area contributed by atoms with Crippen molar-refractivity contribution in [2.45, 2.75) is 52.5 Å². The second kappa shape index (κ2) is 9.98. The van der Waals surface area contributed by atoms with E-state index in [2.05, 4.69) is 33.1 Å². The highest BCUT2D eigenvalue weighted by Gasteiger charge is 2.22. The van der Waals surface area contributed by atoms with Crippen molar-refractivity contribution in [3.05, 3.63) is 45.6 Å². The summed E-state index contributed by atoms with van der Waals surface area (Å²) in [5.41, 5.74) is 11.0. The van der Waals surface area contributed by atoms with Gasteiger partial charge >= 0.3 is 0 Å². The van der Waals surface area contributed by atoms with Crippen molar-refractivity contribution in [1.82, 2.24) is 19.8 Å². The number of hydrogen-bond donors (Lipinski definition) is 2. The molecule has 8 heteroatoms. The van der Waals surface area contributed by atoms with Crippen LogP contribution in [0.4, 0.5) is 11.5 Å². The van der Waals surface area contributed by atoms with E-state index in [4.69, 9.17) is 10.7 Å². The van der Waals surface area contributed by atoms with Gasteiger partial charge in [0.2, 0.25) is 5.91 Å². The highest BCUT2D eigenvalue weighted by Crippen LogP contribution is 2.37. The first-order valence-corrected chi connectivity index (χ1v) is 13.2. The van der Waals surface area contributed by atoms with Gasteiger partial charge in [-0.15, -0.1) is 11.3 Å². The number of thiophene rings is 1. The third-order valence-corrected chi connectivity index (χ3v) is 8.40. The normalized spacial score (nSPS) is 17.5. The Hall–Kier alpha value is -2.55. The summed E-state index contributed by atoms with van der Waals surface area (Å²) in [6.07, 6.45) is 6.02. The van der Waals surface area contributed by atoms with E-state index in [0.29, 0.717) is 18.9 Å². The van der Waals surface area contributed by atoms with Crippen molar-refractivity contribution in [2.24, 2.45) is 0 Å². The topological polar surface area (TPSA) is 87.4 Å². The molecule has 0 bridgehead atoms. The van der Waals surface area contributed by atoms with Crippen LogP contribution in [0.5, 0.6) is 0 Å². The number of aryl methyl sites for hydroxylation is 3. The molecular formula is C26H34N6OS. The monoisotopic (exact) mass is 478 g/mol. The minimum absolute atomic E-state index is 0.0428. The molecule has 5 rings (SSSR count). The molecule has 1 fully saturated rings. The van der Waals surface area contributed by atoms with Crippen LogP contribution in [0.15, 0.2) is 18.2 Å². The average molecular weight is 479 g/mol. The molecule has 7 nitrogen and oxygen atoms in total. The van der Waals surface area contributed by atoms with Crippen LogP contribution in [0.2, 0.25) is 0 Å². The molecule has 3 N–H and O–H groups in total. The third kappa shape index (κ3) is 4.94. The summed E-state index contributed by atoms with van der Waals surface area (Å²) in [6, 6.07) is 6.01. The largest absolute Gasteiger partial charge is 0.383 e. The van der Waals surface area contributed by atoms with Crippen LogP contribution in [0, 0.1) is 13.8 Å². The molecule has 0 unspecified atom stereocenters. The molecule has 180 valence electrons. The molecule has 2 aliphatic rings. The number of benzene rings is 1. The van der Waals surface area contributed by atoms with E-state index >= 15 is 0 Å². The van der Waals surface area contributed by atoms with Crippen LogP contribution in [0.1, 0.15) is 46.7 Å². The zero-order valence-electron chi connectivity index (χ0n) is 20.2. The fourth-order valence-corrected chi connectivity index (χ4v) is 6.35. The maximum Gasteiger partial charge on any atom is 0.238 e. The Morgan fingerprint density at radius 1 is 1.06 bits per heavy atom. The van der Waals surface area contributed by atoms with Crippen molar-refractivity contribution >= 4 is 39.0 Å². The van der Waals surface area contributed by atoms with Gasteiger partial charge in [0.05, 0.1) is 18.5 Å². The number of nitrogen functional groups attached to an aromatic ring is 1. The molecule has 2 aromatic heterocycles. The average Bonchev–Trinajstić information content (AvgIpc) is 3.00. The van der Waals surface area contributed by atoms with E-state index in [0.717, 1.165) is 66.3 Å². The number of hydrogen-bond acceptors (Lipinski definition) is 7. The molecule has 34 heavy (non-hydrogen) atoms. The zero-order chi connectivity index (χ0) is 23.7. The first kappa shape index (κ1) is 23.2. The lowest BCUT2D eigenvalue weighted by Gasteiger charge is -2.33. The molecule has 0 atom stereocenters. The van der Waals surface area contributed by atoms with Gasteiger partial charge in [0.25, 0.3) is 0 Å². The number of rotatable bonds is 5. The van der Waals surface area contributed by atoms with Crippen molar-refractivity contribution in [2.75, 3.05) is 43.8 Å². The Morgan fingerprint density at radius 3 is 2.65 bits per heavy atom. The van der Waals surface area contributed by atoms with E-state index in [9.17, 15) is 4.79 Å². The molecule has 1 saturated heterocycles. The third-order valence-electron chi connectivity index (χ3n) is 7.21.